The van der Waals surface area contributed by atoms with Gasteiger partial charge in [-0.15, -0.1) is 0 Å². The average Bonchev–Trinajstić information content (AvgIpc) is 2.31. The lowest BCUT2D eigenvalue weighted by molar-refractivity contribution is -0.139. The van der Waals surface area contributed by atoms with Crippen molar-refractivity contribution in [2.75, 3.05) is 14.2 Å². The van der Waals surface area contributed by atoms with Gasteiger partial charge in [0.05, 0.1) is 7.11 Å². The summed E-state index contributed by atoms with van der Waals surface area (Å²) < 4.78 is 5.44. The van der Waals surface area contributed by atoms with Crippen LogP contribution in [-0.2, 0) is 11.2 Å². The number of ether oxygens (including phenoxy) is 1. The number of aliphatic carboxylic acids is 1. The number of hydrogen-bond donors (Lipinski definition) is 2. The van der Waals surface area contributed by atoms with Crippen LogP contribution in [-0.4, -0.2) is 31.3 Å². The number of carboxylic acid groups (broad SMARTS) is 1. The van der Waals surface area contributed by atoms with E-state index in [-0.39, 0.29) is 0 Å². The zero-order valence-corrected chi connectivity index (χ0v) is 11.6. The van der Waals surface area contributed by atoms with Gasteiger partial charge in [0.2, 0.25) is 0 Å². The second-order valence-electron chi connectivity index (χ2n) is 4.53. The summed E-state index contributed by atoms with van der Waals surface area (Å²) in [4.78, 5) is 11.1. The van der Waals surface area contributed by atoms with Crippen molar-refractivity contribution in [2.24, 2.45) is 0 Å². The highest BCUT2D eigenvalue weighted by Gasteiger charge is 2.20. The van der Waals surface area contributed by atoms with Gasteiger partial charge >= 0.3 is 5.97 Å². The zero-order chi connectivity index (χ0) is 13.9. The first-order valence-corrected chi connectivity index (χ1v) is 5.96. The third-order valence-electron chi connectivity index (χ3n) is 3.37. The molecule has 0 bridgehead atoms. The van der Waals surface area contributed by atoms with Crippen LogP contribution in [0.4, 0.5) is 0 Å². The van der Waals surface area contributed by atoms with Crippen LogP contribution < -0.4 is 10.1 Å². The number of hydrogen-bond acceptors (Lipinski definition) is 3. The van der Waals surface area contributed by atoms with Crippen molar-refractivity contribution >= 4 is 5.97 Å². The van der Waals surface area contributed by atoms with Crippen LogP contribution in [0, 0.1) is 20.8 Å². The molecule has 2 N–H and O–H groups in total. The Kier molecular flexibility index (Phi) is 4.73. The molecule has 4 heteroatoms. The summed E-state index contributed by atoms with van der Waals surface area (Å²) >= 11 is 0. The van der Waals surface area contributed by atoms with Gasteiger partial charge < -0.3 is 15.2 Å². The number of carbonyl (C=O) groups is 1. The maximum atomic E-state index is 11.1. The fourth-order valence-electron chi connectivity index (χ4n) is 2.15. The minimum atomic E-state index is -0.850. The van der Waals surface area contributed by atoms with Crippen molar-refractivity contribution in [1.82, 2.24) is 5.32 Å². The van der Waals surface area contributed by atoms with Crippen molar-refractivity contribution in [1.29, 1.82) is 0 Å². The fourth-order valence-corrected chi connectivity index (χ4v) is 2.15. The first kappa shape index (κ1) is 14.5. The van der Waals surface area contributed by atoms with Crippen LogP contribution in [0.25, 0.3) is 0 Å². The van der Waals surface area contributed by atoms with E-state index in [2.05, 4.69) is 11.4 Å². The summed E-state index contributed by atoms with van der Waals surface area (Å²) in [5.74, 6) is -0.0498. The second-order valence-corrected chi connectivity index (χ2v) is 4.53. The molecule has 1 atom stereocenters. The Morgan fingerprint density at radius 3 is 2.44 bits per heavy atom. The van der Waals surface area contributed by atoms with E-state index in [0.29, 0.717) is 6.42 Å². The van der Waals surface area contributed by atoms with Crippen molar-refractivity contribution in [3.8, 4) is 5.75 Å². The van der Waals surface area contributed by atoms with Crippen LogP contribution in [0.5, 0.6) is 5.75 Å². The summed E-state index contributed by atoms with van der Waals surface area (Å²) in [7, 11) is 3.28. The van der Waals surface area contributed by atoms with Crippen molar-refractivity contribution in [3.05, 3.63) is 28.3 Å². The van der Waals surface area contributed by atoms with E-state index in [1.807, 2.05) is 20.8 Å². The molecule has 1 aromatic rings. The molecule has 0 aliphatic heterocycles. The van der Waals surface area contributed by atoms with Crippen molar-refractivity contribution < 1.29 is 14.6 Å². The monoisotopic (exact) mass is 251 g/mol. The number of benzene rings is 1. The molecule has 100 valence electrons. The molecule has 0 aliphatic carbocycles. The highest BCUT2D eigenvalue weighted by atomic mass is 16.5. The van der Waals surface area contributed by atoms with E-state index in [4.69, 9.17) is 9.84 Å². The fraction of sp³-hybridized carbons (Fsp3) is 0.500. The normalized spacial score (nSPS) is 12.3. The quantitative estimate of drug-likeness (QED) is 0.838. The molecule has 0 saturated carbocycles. The van der Waals surface area contributed by atoms with Gasteiger partial charge in [-0.05, 0) is 50.1 Å². The van der Waals surface area contributed by atoms with Gasteiger partial charge in [-0.3, -0.25) is 4.79 Å². The molecule has 0 amide bonds. The summed E-state index contributed by atoms with van der Waals surface area (Å²) in [5.41, 5.74) is 4.25. The van der Waals surface area contributed by atoms with Crippen LogP contribution in [0.3, 0.4) is 0 Å². The minimum absolute atomic E-state index is 0.419. The van der Waals surface area contributed by atoms with E-state index in [9.17, 15) is 4.79 Å². The van der Waals surface area contributed by atoms with Crippen LogP contribution in [0.1, 0.15) is 22.3 Å². The van der Waals surface area contributed by atoms with Crippen LogP contribution in [0.2, 0.25) is 0 Å². The number of rotatable bonds is 5. The van der Waals surface area contributed by atoms with Gasteiger partial charge in [0, 0.05) is 6.42 Å². The number of methoxy groups -OCH3 is 1. The molecule has 1 unspecified atom stereocenters. The Bertz CT molecular complexity index is 455. The van der Waals surface area contributed by atoms with Crippen molar-refractivity contribution in [3.63, 3.8) is 0 Å². The lowest BCUT2D eigenvalue weighted by Crippen LogP contribution is -2.36. The summed E-state index contributed by atoms with van der Waals surface area (Å²) in [6.07, 6.45) is 0.419. The maximum absolute atomic E-state index is 11.1. The molecule has 0 fully saturated rings. The second kappa shape index (κ2) is 5.87. The van der Waals surface area contributed by atoms with Gasteiger partial charge in [0.15, 0.2) is 0 Å². The molecule has 0 aromatic heterocycles. The Labute approximate surface area is 108 Å². The Morgan fingerprint density at radius 1 is 1.39 bits per heavy atom. The van der Waals surface area contributed by atoms with Crippen LogP contribution >= 0.6 is 0 Å². The SMILES string of the molecule is CNC(Cc1c(C)cc(C)c(C)c1OC)C(=O)O. The Hall–Kier alpha value is -1.55. The summed E-state index contributed by atoms with van der Waals surface area (Å²) in [6.45, 7) is 6.01. The number of likely N-dealkylation sites (N-methyl/N-ethyl adjacent to an activating group) is 1. The lowest BCUT2D eigenvalue weighted by atomic mass is 9.94. The standard InChI is InChI=1S/C14H21NO3/c1-8-6-9(2)11(13(18-5)10(8)3)7-12(15-4)14(16)17/h6,12,15H,7H2,1-5H3,(H,16,17). The van der Waals surface area contributed by atoms with E-state index in [1.54, 1.807) is 14.2 Å². The molecular formula is C14H21NO3. The van der Waals surface area contributed by atoms with E-state index < -0.39 is 12.0 Å². The molecule has 0 aliphatic rings. The molecule has 1 rings (SSSR count). The van der Waals surface area contributed by atoms with Crippen molar-refractivity contribution in [2.45, 2.75) is 33.2 Å². The predicted molar refractivity (Wildman–Crippen MR) is 71.4 cm³/mol. The highest BCUT2D eigenvalue weighted by Crippen LogP contribution is 2.30. The van der Waals surface area contributed by atoms with Gasteiger partial charge in [0.25, 0.3) is 0 Å². The van der Waals surface area contributed by atoms with Crippen LogP contribution in [0.15, 0.2) is 6.07 Å². The third-order valence-corrected chi connectivity index (χ3v) is 3.37. The first-order valence-electron chi connectivity index (χ1n) is 5.96. The number of carboxylic acids is 1. The Balaban J connectivity index is 3.23. The van der Waals surface area contributed by atoms with Gasteiger partial charge in [-0.25, -0.2) is 0 Å². The molecule has 18 heavy (non-hydrogen) atoms. The molecule has 1 aromatic carbocycles. The smallest absolute Gasteiger partial charge is 0.321 e. The molecule has 0 heterocycles. The van der Waals surface area contributed by atoms with E-state index >= 15 is 0 Å². The zero-order valence-electron chi connectivity index (χ0n) is 11.6. The molecule has 0 saturated heterocycles. The highest BCUT2D eigenvalue weighted by molar-refractivity contribution is 5.74. The number of aryl methyl sites for hydroxylation is 2. The van der Waals surface area contributed by atoms with E-state index in [1.165, 1.54) is 0 Å². The van der Waals surface area contributed by atoms with Gasteiger partial charge in [-0.2, -0.15) is 0 Å². The first-order chi connectivity index (χ1) is 8.42. The van der Waals surface area contributed by atoms with Gasteiger partial charge in [0.1, 0.15) is 11.8 Å². The summed E-state index contributed by atoms with van der Waals surface area (Å²) in [6, 6.07) is 1.47. The molecule has 0 radical (unpaired) electrons. The molecule has 4 nitrogen and oxygen atoms in total. The van der Waals surface area contributed by atoms with E-state index in [0.717, 1.165) is 28.0 Å². The molecular weight excluding hydrogens is 230 g/mol. The Morgan fingerprint density at radius 2 is 2.00 bits per heavy atom. The predicted octanol–water partition coefficient (Wildman–Crippen LogP) is 1.84. The molecule has 0 spiro atoms. The lowest BCUT2D eigenvalue weighted by Gasteiger charge is -2.19. The average molecular weight is 251 g/mol. The minimum Gasteiger partial charge on any atom is -0.496 e. The largest absolute Gasteiger partial charge is 0.496 e. The van der Waals surface area contributed by atoms with Gasteiger partial charge in [-0.1, -0.05) is 6.07 Å². The summed E-state index contributed by atoms with van der Waals surface area (Å²) in [5, 5.41) is 11.9. The maximum Gasteiger partial charge on any atom is 0.321 e. The topological polar surface area (TPSA) is 58.6 Å². The third kappa shape index (κ3) is 2.82. The number of nitrogens with one attached hydrogen (secondary N) is 1.